The molecular weight excluding hydrogens is 432 g/mol. The number of carboxylic acid groups (broad SMARTS) is 2. The van der Waals surface area contributed by atoms with Crippen LogP contribution in [-0.4, -0.2) is 69.8 Å². The second kappa shape index (κ2) is 20.2. The van der Waals surface area contributed by atoms with Gasteiger partial charge in [-0.05, 0) is 82.5 Å². The summed E-state index contributed by atoms with van der Waals surface area (Å²) in [5.41, 5.74) is 0. The standard InChI is InChI=1S/C15H22N2O2.C6H10O4.C2H6O2/c18-10-16-14-5-1-12(2-6-14)9-13-3-7-15(8-4-13)17-11-19;7-5(8)3-1-2-4-6(9)10;3-1-2-4/h12-15H,1-9H2;1-4H2,(H,7,8)(H,9,10);3-4H,1-2H2. The largest absolute Gasteiger partial charge is 0.481 e. The lowest BCUT2D eigenvalue weighted by Crippen LogP contribution is -2.23. The Morgan fingerprint density at radius 3 is 1.24 bits per heavy atom. The Bertz CT molecular complexity index is 574. The van der Waals surface area contributed by atoms with Crippen LogP contribution in [0.4, 0.5) is 0 Å². The summed E-state index contributed by atoms with van der Waals surface area (Å²) in [5, 5.41) is 31.5. The highest BCUT2D eigenvalue weighted by atomic mass is 16.4. The van der Waals surface area contributed by atoms with Crippen molar-refractivity contribution in [2.45, 2.75) is 95.6 Å². The number of carboxylic acids is 2. The maximum Gasteiger partial charge on any atom is 0.303 e. The fourth-order valence-electron chi connectivity index (χ4n) is 4.19. The minimum atomic E-state index is -0.870. The van der Waals surface area contributed by atoms with E-state index in [1.165, 1.54) is 32.1 Å². The van der Waals surface area contributed by atoms with Crippen molar-refractivity contribution < 1.29 is 39.6 Å². The molecule has 0 radical (unpaired) electrons. The number of hydrogen-bond donors (Lipinski definition) is 4. The Balaban J connectivity index is 0.000000615. The van der Waals surface area contributed by atoms with Gasteiger partial charge in [-0.3, -0.25) is 9.59 Å². The molecule has 0 aromatic heterocycles. The first-order valence-electron chi connectivity index (χ1n) is 11.6. The molecule has 0 saturated heterocycles. The Morgan fingerprint density at radius 2 is 1.00 bits per heavy atom. The van der Waals surface area contributed by atoms with Gasteiger partial charge in [-0.15, -0.1) is 0 Å². The molecule has 0 aromatic rings. The van der Waals surface area contributed by atoms with Crippen LogP contribution in [0.25, 0.3) is 0 Å². The summed E-state index contributed by atoms with van der Waals surface area (Å²) in [6.45, 7) is -0.250. The van der Waals surface area contributed by atoms with Crippen LogP contribution in [0.15, 0.2) is 9.98 Å². The number of nitrogens with zero attached hydrogens (tertiary/aromatic N) is 2. The Hall–Kier alpha value is -2.38. The molecule has 188 valence electrons. The summed E-state index contributed by atoms with van der Waals surface area (Å²) in [6.07, 6.45) is 14.7. The van der Waals surface area contributed by atoms with Gasteiger partial charge < -0.3 is 20.4 Å². The van der Waals surface area contributed by atoms with Crippen LogP contribution in [0.2, 0.25) is 0 Å². The zero-order valence-electron chi connectivity index (χ0n) is 19.2. The van der Waals surface area contributed by atoms with E-state index in [-0.39, 0.29) is 38.1 Å². The van der Waals surface area contributed by atoms with Gasteiger partial charge in [-0.2, -0.15) is 0 Å². The zero-order valence-corrected chi connectivity index (χ0v) is 19.2. The molecule has 4 N–H and O–H groups in total. The summed E-state index contributed by atoms with van der Waals surface area (Å²) in [4.78, 5) is 47.9. The number of aliphatic hydroxyl groups is 2. The average molecular weight is 471 g/mol. The van der Waals surface area contributed by atoms with Gasteiger partial charge in [0.05, 0.1) is 25.3 Å². The van der Waals surface area contributed by atoms with Crippen molar-refractivity contribution in [3.05, 3.63) is 0 Å². The van der Waals surface area contributed by atoms with Crippen LogP contribution in [-0.2, 0) is 19.2 Å². The van der Waals surface area contributed by atoms with Gasteiger partial charge in [0.15, 0.2) is 0 Å². The summed E-state index contributed by atoms with van der Waals surface area (Å²) in [7, 11) is 0. The van der Waals surface area contributed by atoms with Crippen LogP contribution in [0, 0.1) is 11.8 Å². The molecule has 0 unspecified atom stereocenters. The van der Waals surface area contributed by atoms with Crippen LogP contribution >= 0.6 is 0 Å². The van der Waals surface area contributed by atoms with E-state index < -0.39 is 11.9 Å². The molecule has 0 spiro atoms. The normalized spacial score (nSPS) is 23.8. The summed E-state index contributed by atoms with van der Waals surface area (Å²) in [6, 6.07) is 0.456. The Morgan fingerprint density at radius 1 is 0.667 bits per heavy atom. The van der Waals surface area contributed by atoms with E-state index in [2.05, 4.69) is 9.98 Å². The molecule has 0 amide bonds. The number of aliphatic carboxylic acids is 2. The molecule has 2 aliphatic carbocycles. The monoisotopic (exact) mass is 470 g/mol. The predicted molar refractivity (Wildman–Crippen MR) is 120 cm³/mol. The van der Waals surface area contributed by atoms with Crippen molar-refractivity contribution in [2.24, 2.45) is 21.8 Å². The fourth-order valence-corrected chi connectivity index (χ4v) is 4.19. The molecule has 10 nitrogen and oxygen atoms in total. The van der Waals surface area contributed by atoms with Gasteiger partial charge >= 0.3 is 11.9 Å². The van der Waals surface area contributed by atoms with E-state index in [1.54, 1.807) is 12.2 Å². The van der Waals surface area contributed by atoms with E-state index >= 15 is 0 Å². The highest BCUT2D eigenvalue weighted by Crippen LogP contribution is 2.36. The summed E-state index contributed by atoms with van der Waals surface area (Å²) in [5.74, 6) is -0.140. The van der Waals surface area contributed by atoms with E-state index in [0.29, 0.717) is 12.8 Å². The minimum Gasteiger partial charge on any atom is -0.481 e. The third kappa shape index (κ3) is 17.8. The first-order chi connectivity index (χ1) is 15.9. The van der Waals surface area contributed by atoms with Crippen LogP contribution < -0.4 is 0 Å². The fraction of sp³-hybridized carbons (Fsp3) is 0.826. The third-order valence-corrected chi connectivity index (χ3v) is 5.90. The maximum atomic E-state index is 10.2. The summed E-state index contributed by atoms with van der Waals surface area (Å²) >= 11 is 0. The lowest BCUT2D eigenvalue weighted by Gasteiger charge is -2.31. The molecule has 2 aliphatic rings. The number of rotatable bonds is 10. The Kier molecular flexibility index (Phi) is 18.8. The number of carbonyl (C=O) groups excluding carboxylic acids is 2. The predicted octanol–water partition coefficient (Wildman–Crippen LogP) is 2.85. The molecule has 0 bridgehead atoms. The second-order valence-electron chi connectivity index (χ2n) is 8.47. The van der Waals surface area contributed by atoms with Crippen molar-refractivity contribution in [3.8, 4) is 0 Å². The number of unbranched alkanes of at least 4 members (excludes halogenated alkanes) is 1. The number of hydrogen-bond acceptors (Lipinski definition) is 8. The van der Waals surface area contributed by atoms with Crippen molar-refractivity contribution in [2.75, 3.05) is 13.2 Å². The quantitative estimate of drug-likeness (QED) is 0.214. The molecule has 0 aromatic carbocycles. The molecule has 2 fully saturated rings. The van der Waals surface area contributed by atoms with Crippen molar-refractivity contribution >= 4 is 24.1 Å². The number of isocyanates is 2. The van der Waals surface area contributed by atoms with Gasteiger partial charge in [0, 0.05) is 12.8 Å². The molecule has 0 heterocycles. The smallest absolute Gasteiger partial charge is 0.303 e. The second-order valence-corrected chi connectivity index (χ2v) is 8.47. The van der Waals surface area contributed by atoms with Crippen molar-refractivity contribution in [1.29, 1.82) is 0 Å². The number of aliphatic hydroxyl groups excluding tert-OH is 2. The molecule has 2 rings (SSSR count). The number of carbonyl (C=O) groups is 2. The van der Waals surface area contributed by atoms with Crippen molar-refractivity contribution in [1.82, 2.24) is 0 Å². The first kappa shape index (κ1) is 30.6. The SMILES string of the molecule is O=C(O)CCCCC(=O)O.O=C=NC1CCC(CC2CCC(N=C=O)CC2)CC1.OCCO. The molecular formula is C23H38N2O8. The lowest BCUT2D eigenvalue weighted by atomic mass is 9.76. The van der Waals surface area contributed by atoms with E-state index in [1.807, 2.05) is 0 Å². The minimum absolute atomic E-state index is 0.0628. The van der Waals surface area contributed by atoms with E-state index in [9.17, 15) is 19.2 Å². The summed E-state index contributed by atoms with van der Waals surface area (Å²) < 4.78 is 0. The van der Waals surface area contributed by atoms with E-state index in [0.717, 1.165) is 37.5 Å². The Labute approximate surface area is 194 Å². The highest BCUT2D eigenvalue weighted by Gasteiger charge is 2.26. The van der Waals surface area contributed by atoms with Gasteiger partial charge in [-0.25, -0.2) is 19.6 Å². The average Bonchev–Trinajstić information content (AvgIpc) is 2.80. The molecule has 2 saturated carbocycles. The maximum absolute atomic E-state index is 10.2. The van der Waals surface area contributed by atoms with Gasteiger partial charge in [-0.1, -0.05) is 0 Å². The highest BCUT2D eigenvalue weighted by molar-refractivity contribution is 5.67. The number of aliphatic imine (C=N–C) groups is 2. The lowest BCUT2D eigenvalue weighted by molar-refractivity contribution is -0.139. The molecule has 0 atom stereocenters. The van der Waals surface area contributed by atoms with Gasteiger partial charge in [0.1, 0.15) is 0 Å². The van der Waals surface area contributed by atoms with E-state index in [4.69, 9.17) is 20.4 Å². The zero-order chi connectivity index (χ0) is 24.9. The van der Waals surface area contributed by atoms with Crippen LogP contribution in [0.3, 0.4) is 0 Å². The molecule has 10 heteroatoms. The first-order valence-corrected chi connectivity index (χ1v) is 11.6. The topological polar surface area (TPSA) is 174 Å². The van der Waals surface area contributed by atoms with Gasteiger partial charge in [0.25, 0.3) is 0 Å². The van der Waals surface area contributed by atoms with Gasteiger partial charge in [0.2, 0.25) is 12.2 Å². The molecule has 33 heavy (non-hydrogen) atoms. The van der Waals surface area contributed by atoms with Crippen molar-refractivity contribution in [3.63, 3.8) is 0 Å². The van der Waals surface area contributed by atoms with Crippen LogP contribution in [0.1, 0.15) is 83.5 Å². The molecule has 0 aliphatic heterocycles. The third-order valence-electron chi connectivity index (χ3n) is 5.90. The van der Waals surface area contributed by atoms with Crippen LogP contribution in [0.5, 0.6) is 0 Å².